The predicted molar refractivity (Wildman–Crippen MR) is 76.2 cm³/mol. The highest BCUT2D eigenvalue weighted by molar-refractivity contribution is 9.10. The lowest BCUT2D eigenvalue weighted by Gasteiger charge is -2.09. The molecule has 1 heterocycles. The highest BCUT2D eigenvalue weighted by Gasteiger charge is 2.46. The van der Waals surface area contributed by atoms with E-state index in [4.69, 9.17) is 17.3 Å². The van der Waals surface area contributed by atoms with Crippen molar-refractivity contribution in [3.05, 3.63) is 45.7 Å². The van der Waals surface area contributed by atoms with E-state index in [0.717, 1.165) is 33.7 Å². The van der Waals surface area contributed by atoms with E-state index in [9.17, 15) is 0 Å². The Morgan fingerprint density at radius 3 is 2.56 bits per heavy atom. The fourth-order valence-corrected chi connectivity index (χ4v) is 2.95. The number of hydrogen-bond donors (Lipinski definition) is 1. The molecule has 3 nitrogen and oxygen atoms in total. The second-order valence-electron chi connectivity index (χ2n) is 4.73. The minimum Gasteiger partial charge on any atom is -0.330 e. The predicted octanol–water partition coefficient (Wildman–Crippen LogP) is 3.28. The summed E-state index contributed by atoms with van der Waals surface area (Å²) in [4.78, 5) is 0. The van der Waals surface area contributed by atoms with E-state index in [0.29, 0.717) is 6.54 Å². The summed E-state index contributed by atoms with van der Waals surface area (Å²) in [5.74, 6) is 0. The fraction of sp³-hybridized carbons (Fsp3) is 0.308. The molecule has 0 atom stereocenters. The molecule has 0 unspecified atom stereocenters. The quantitative estimate of drug-likeness (QED) is 0.940. The Bertz CT molecular complexity index is 572. The molecule has 1 fully saturated rings. The maximum absolute atomic E-state index is 5.89. The van der Waals surface area contributed by atoms with E-state index in [-0.39, 0.29) is 5.41 Å². The number of halogens is 2. The van der Waals surface area contributed by atoms with Gasteiger partial charge in [0.2, 0.25) is 0 Å². The molecule has 1 aromatic heterocycles. The zero-order chi connectivity index (χ0) is 12.8. The van der Waals surface area contributed by atoms with Crippen LogP contribution in [0, 0.1) is 0 Å². The van der Waals surface area contributed by atoms with E-state index in [1.54, 1.807) is 0 Å². The Morgan fingerprint density at radius 2 is 2.00 bits per heavy atom. The van der Waals surface area contributed by atoms with Gasteiger partial charge in [-0.1, -0.05) is 11.6 Å². The van der Waals surface area contributed by atoms with Crippen LogP contribution in [-0.2, 0) is 5.41 Å². The van der Waals surface area contributed by atoms with Crippen LogP contribution in [0.3, 0.4) is 0 Å². The Kier molecular flexibility index (Phi) is 2.96. The molecule has 5 heteroatoms. The maximum atomic E-state index is 5.89. The highest BCUT2D eigenvalue weighted by atomic mass is 79.9. The molecule has 0 aliphatic heterocycles. The second-order valence-corrected chi connectivity index (χ2v) is 6.02. The number of benzene rings is 1. The van der Waals surface area contributed by atoms with Gasteiger partial charge in [-0.2, -0.15) is 5.10 Å². The number of nitrogens with zero attached hydrogens (tertiary/aromatic N) is 2. The number of hydrogen-bond acceptors (Lipinski definition) is 2. The van der Waals surface area contributed by atoms with Gasteiger partial charge in [0.15, 0.2) is 0 Å². The van der Waals surface area contributed by atoms with Gasteiger partial charge in [-0.3, -0.25) is 0 Å². The van der Waals surface area contributed by atoms with Crippen molar-refractivity contribution >= 4 is 27.5 Å². The summed E-state index contributed by atoms with van der Waals surface area (Å²) >= 11 is 9.47. The molecular weight excluding hydrogens is 314 g/mol. The number of rotatable bonds is 3. The van der Waals surface area contributed by atoms with Gasteiger partial charge in [-0.15, -0.1) is 0 Å². The molecule has 2 aromatic rings. The summed E-state index contributed by atoms with van der Waals surface area (Å²) in [6, 6.07) is 7.63. The zero-order valence-corrected chi connectivity index (χ0v) is 12.1. The van der Waals surface area contributed by atoms with Gasteiger partial charge in [-0.05, 0) is 53.0 Å². The first-order chi connectivity index (χ1) is 8.64. The highest BCUT2D eigenvalue weighted by Crippen LogP contribution is 2.48. The second kappa shape index (κ2) is 4.37. The van der Waals surface area contributed by atoms with Crippen molar-refractivity contribution < 1.29 is 0 Å². The Hall–Kier alpha value is -0.840. The van der Waals surface area contributed by atoms with E-state index in [1.165, 1.54) is 0 Å². The molecular formula is C13H13BrClN3. The Morgan fingerprint density at radius 1 is 1.33 bits per heavy atom. The third-order valence-corrected chi connectivity index (χ3v) is 4.34. The van der Waals surface area contributed by atoms with Crippen LogP contribution >= 0.6 is 27.5 Å². The summed E-state index contributed by atoms with van der Waals surface area (Å²) in [5, 5.41) is 5.39. The number of aromatic nitrogens is 2. The number of nitrogens with two attached hydrogens (primary N) is 1. The summed E-state index contributed by atoms with van der Waals surface area (Å²) in [6.07, 6.45) is 4.23. The molecule has 0 saturated heterocycles. The summed E-state index contributed by atoms with van der Waals surface area (Å²) in [7, 11) is 0. The fourth-order valence-electron chi connectivity index (χ4n) is 2.13. The lowest BCUT2D eigenvalue weighted by molar-refractivity contribution is 0.659. The van der Waals surface area contributed by atoms with Crippen molar-refractivity contribution in [3.63, 3.8) is 0 Å². The van der Waals surface area contributed by atoms with Crippen molar-refractivity contribution in [1.29, 1.82) is 0 Å². The van der Waals surface area contributed by atoms with Crippen LogP contribution in [0.15, 0.2) is 34.9 Å². The Balaban J connectivity index is 2.00. The average molecular weight is 327 g/mol. The van der Waals surface area contributed by atoms with Gasteiger partial charge < -0.3 is 5.73 Å². The first-order valence-electron chi connectivity index (χ1n) is 5.86. The normalized spacial score (nSPS) is 16.8. The van der Waals surface area contributed by atoms with Crippen LogP contribution in [0.4, 0.5) is 0 Å². The molecule has 0 bridgehead atoms. The van der Waals surface area contributed by atoms with Crippen molar-refractivity contribution in [2.45, 2.75) is 18.3 Å². The topological polar surface area (TPSA) is 43.8 Å². The summed E-state index contributed by atoms with van der Waals surface area (Å²) in [5.41, 5.74) is 8.01. The first-order valence-corrected chi connectivity index (χ1v) is 7.03. The Labute approximate surface area is 119 Å². The molecule has 1 aliphatic rings. The van der Waals surface area contributed by atoms with Crippen LogP contribution in [-0.4, -0.2) is 16.3 Å². The molecule has 0 spiro atoms. The third kappa shape index (κ3) is 1.98. The van der Waals surface area contributed by atoms with E-state index in [1.807, 2.05) is 35.1 Å². The van der Waals surface area contributed by atoms with Gasteiger partial charge in [0, 0.05) is 23.2 Å². The van der Waals surface area contributed by atoms with Crippen molar-refractivity contribution in [2.75, 3.05) is 6.54 Å². The van der Waals surface area contributed by atoms with E-state index < -0.39 is 0 Å². The lowest BCUT2D eigenvalue weighted by atomic mass is 10.0. The summed E-state index contributed by atoms with van der Waals surface area (Å²) in [6.45, 7) is 0.656. The van der Waals surface area contributed by atoms with Crippen LogP contribution in [0.2, 0.25) is 5.02 Å². The zero-order valence-electron chi connectivity index (χ0n) is 9.74. The molecule has 0 radical (unpaired) electrons. The standard InChI is InChI=1S/C13H13BrClN3/c14-11-7-18(10-3-1-9(15)2-4-10)17-12(11)13(8-16)5-6-13/h1-4,7H,5-6,8,16H2. The van der Waals surface area contributed by atoms with Gasteiger partial charge in [0.25, 0.3) is 0 Å². The molecule has 94 valence electrons. The molecule has 18 heavy (non-hydrogen) atoms. The first kappa shape index (κ1) is 12.2. The van der Waals surface area contributed by atoms with Crippen molar-refractivity contribution in [2.24, 2.45) is 5.73 Å². The minimum atomic E-state index is 0.0938. The molecule has 3 rings (SSSR count). The molecule has 2 N–H and O–H groups in total. The van der Waals surface area contributed by atoms with Gasteiger partial charge in [-0.25, -0.2) is 4.68 Å². The van der Waals surface area contributed by atoms with Crippen molar-refractivity contribution in [1.82, 2.24) is 9.78 Å². The lowest BCUT2D eigenvalue weighted by Crippen LogP contribution is -2.21. The van der Waals surface area contributed by atoms with Crippen LogP contribution in [0.5, 0.6) is 0 Å². The van der Waals surface area contributed by atoms with Crippen LogP contribution < -0.4 is 5.73 Å². The van der Waals surface area contributed by atoms with Gasteiger partial charge in [0.05, 0.1) is 15.9 Å². The summed E-state index contributed by atoms with van der Waals surface area (Å²) < 4.78 is 2.89. The largest absolute Gasteiger partial charge is 0.330 e. The van der Waals surface area contributed by atoms with Gasteiger partial charge in [0.1, 0.15) is 0 Å². The molecule has 1 saturated carbocycles. The van der Waals surface area contributed by atoms with Gasteiger partial charge >= 0.3 is 0 Å². The third-order valence-electron chi connectivity index (χ3n) is 3.51. The average Bonchev–Trinajstić information content (AvgIpc) is 3.08. The van der Waals surface area contributed by atoms with Crippen LogP contribution in [0.1, 0.15) is 18.5 Å². The van der Waals surface area contributed by atoms with Crippen molar-refractivity contribution in [3.8, 4) is 5.69 Å². The smallest absolute Gasteiger partial charge is 0.0845 e. The minimum absolute atomic E-state index is 0.0938. The maximum Gasteiger partial charge on any atom is 0.0845 e. The van der Waals surface area contributed by atoms with Crippen LogP contribution in [0.25, 0.3) is 5.69 Å². The monoisotopic (exact) mass is 325 g/mol. The molecule has 0 amide bonds. The molecule has 1 aromatic carbocycles. The van der Waals surface area contributed by atoms with E-state index >= 15 is 0 Å². The van der Waals surface area contributed by atoms with E-state index in [2.05, 4.69) is 21.0 Å². The SMILES string of the molecule is NCC1(c2nn(-c3ccc(Cl)cc3)cc2Br)CC1. The molecule has 1 aliphatic carbocycles.